The van der Waals surface area contributed by atoms with E-state index < -0.39 is 6.10 Å². The lowest BCUT2D eigenvalue weighted by Gasteiger charge is -2.17. The molecule has 3 aromatic rings. The van der Waals surface area contributed by atoms with Gasteiger partial charge in [-0.1, -0.05) is 48.5 Å². The molecule has 0 fully saturated rings. The Kier molecular flexibility index (Phi) is 4.52. The zero-order valence-electron chi connectivity index (χ0n) is 14.2. The van der Waals surface area contributed by atoms with Gasteiger partial charge in [-0.05, 0) is 49.4 Å². The Bertz CT molecular complexity index is 881. The summed E-state index contributed by atoms with van der Waals surface area (Å²) in [6.45, 7) is 5.75. The van der Waals surface area contributed by atoms with Crippen molar-refractivity contribution in [3.8, 4) is 5.75 Å². The lowest BCUT2D eigenvalue weighted by atomic mass is 10.1. The van der Waals surface area contributed by atoms with E-state index in [0.717, 1.165) is 33.3 Å². The highest BCUT2D eigenvalue weighted by Crippen LogP contribution is 2.24. The summed E-state index contributed by atoms with van der Waals surface area (Å²) >= 11 is 0. The van der Waals surface area contributed by atoms with E-state index in [0.29, 0.717) is 0 Å². The molecule has 0 aliphatic carbocycles. The highest BCUT2D eigenvalue weighted by molar-refractivity contribution is 6.03. The predicted octanol–water partition coefficient (Wildman–Crippen LogP) is 4.86. The first kappa shape index (κ1) is 16.1. The van der Waals surface area contributed by atoms with Crippen molar-refractivity contribution in [2.45, 2.75) is 26.9 Å². The number of hydrogen-bond acceptors (Lipinski definition) is 2. The van der Waals surface area contributed by atoms with E-state index >= 15 is 0 Å². The van der Waals surface area contributed by atoms with Crippen molar-refractivity contribution >= 4 is 22.4 Å². The lowest BCUT2D eigenvalue weighted by Crippen LogP contribution is -2.30. The minimum atomic E-state index is -0.579. The van der Waals surface area contributed by atoms with Gasteiger partial charge in [0.2, 0.25) is 0 Å². The van der Waals surface area contributed by atoms with Crippen LogP contribution in [0.2, 0.25) is 0 Å². The molecule has 0 spiro atoms. The number of carbonyl (C=O) groups excluding carboxylic acids is 1. The van der Waals surface area contributed by atoms with Gasteiger partial charge in [0.15, 0.2) is 6.10 Å². The Morgan fingerprint density at radius 3 is 2.58 bits per heavy atom. The SMILES string of the molecule is Cc1ccc(C)c(O[C@@H](C)C(=O)Nc2cccc3ccccc23)c1. The molecule has 0 aliphatic rings. The standard InChI is InChI=1S/C21H21NO2/c1-14-11-12-15(2)20(13-14)24-16(3)21(23)22-19-10-6-8-17-7-4-5-9-18(17)19/h4-13,16H,1-3H3,(H,22,23)/t16-/m0/s1. The molecule has 0 unspecified atom stereocenters. The van der Waals surface area contributed by atoms with Crippen LogP contribution in [0, 0.1) is 13.8 Å². The number of rotatable bonds is 4. The van der Waals surface area contributed by atoms with Crippen LogP contribution >= 0.6 is 0 Å². The predicted molar refractivity (Wildman–Crippen MR) is 98.6 cm³/mol. The zero-order valence-corrected chi connectivity index (χ0v) is 14.2. The topological polar surface area (TPSA) is 38.3 Å². The molecule has 122 valence electrons. The number of hydrogen-bond donors (Lipinski definition) is 1. The molecule has 3 nitrogen and oxygen atoms in total. The van der Waals surface area contributed by atoms with E-state index in [4.69, 9.17) is 4.74 Å². The summed E-state index contributed by atoms with van der Waals surface area (Å²) in [6.07, 6.45) is -0.579. The molecule has 3 heteroatoms. The van der Waals surface area contributed by atoms with Crippen molar-refractivity contribution < 1.29 is 9.53 Å². The van der Waals surface area contributed by atoms with Gasteiger partial charge in [-0.3, -0.25) is 4.79 Å². The fourth-order valence-corrected chi connectivity index (χ4v) is 2.65. The number of anilines is 1. The van der Waals surface area contributed by atoms with Crippen LogP contribution in [0.25, 0.3) is 10.8 Å². The zero-order chi connectivity index (χ0) is 17.1. The summed E-state index contributed by atoms with van der Waals surface area (Å²) in [5.41, 5.74) is 2.93. The summed E-state index contributed by atoms with van der Waals surface area (Å²) in [4.78, 5) is 12.5. The molecule has 3 aromatic carbocycles. The van der Waals surface area contributed by atoms with Gasteiger partial charge in [0, 0.05) is 11.1 Å². The molecule has 24 heavy (non-hydrogen) atoms. The summed E-state index contributed by atoms with van der Waals surface area (Å²) in [7, 11) is 0. The third kappa shape index (κ3) is 3.40. The minimum Gasteiger partial charge on any atom is -0.481 e. The van der Waals surface area contributed by atoms with E-state index in [9.17, 15) is 4.79 Å². The number of carbonyl (C=O) groups is 1. The molecule has 0 heterocycles. The summed E-state index contributed by atoms with van der Waals surface area (Å²) in [5, 5.41) is 5.09. The van der Waals surface area contributed by atoms with Gasteiger partial charge in [-0.15, -0.1) is 0 Å². The Labute approximate surface area is 142 Å². The monoisotopic (exact) mass is 319 g/mol. The highest BCUT2D eigenvalue weighted by Gasteiger charge is 2.16. The largest absolute Gasteiger partial charge is 0.481 e. The maximum atomic E-state index is 12.5. The molecule has 1 atom stereocenters. The Hall–Kier alpha value is -2.81. The smallest absolute Gasteiger partial charge is 0.265 e. The Balaban J connectivity index is 1.77. The van der Waals surface area contributed by atoms with Crippen LogP contribution in [0.15, 0.2) is 60.7 Å². The normalized spacial score (nSPS) is 12.0. The molecule has 0 aromatic heterocycles. The van der Waals surface area contributed by atoms with Crippen LogP contribution in [0.4, 0.5) is 5.69 Å². The quantitative estimate of drug-likeness (QED) is 0.745. The lowest BCUT2D eigenvalue weighted by molar-refractivity contribution is -0.122. The molecule has 3 rings (SSSR count). The van der Waals surface area contributed by atoms with E-state index in [2.05, 4.69) is 5.32 Å². The highest BCUT2D eigenvalue weighted by atomic mass is 16.5. The van der Waals surface area contributed by atoms with Gasteiger partial charge >= 0.3 is 0 Å². The average Bonchev–Trinajstić information content (AvgIpc) is 2.58. The molecular formula is C21H21NO2. The third-order valence-electron chi connectivity index (χ3n) is 4.06. The second kappa shape index (κ2) is 6.75. The van der Waals surface area contributed by atoms with Crippen molar-refractivity contribution in [1.29, 1.82) is 0 Å². The van der Waals surface area contributed by atoms with E-state index in [1.807, 2.05) is 74.5 Å². The summed E-state index contributed by atoms with van der Waals surface area (Å²) in [6, 6.07) is 19.8. The van der Waals surface area contributed by atoms with Gasteiger partial charge < -0.3 is 10.1 Å². The van der Waals surface area contributed by atoms with Gasteiger partial charge in [-0.2, -0.15) is 0 Å². The molecular weight excluding hydrogens is 298 g/mol. The van der Waals surface area contributed by atoms with Crippen LogP contribution < -0.4 is 10.1 Å². The molecule has 0 bridgehead atoms. The Morgan fingerprint density at radius 2 is 1.75 bits per heavy atom. The van der Waals surface area contributed by atoms with Crippen molar-refractivity contribution in [2.75, 3.05) is 5.32 Å². The average molecular weight is 319 g/mol. The van der Waals surface area contributed by atoms with Gasteiger partial charge in [0.05, 0.1) is 0 Å². The van der Waals surface area contributed by atoms with Crippen molar-refractivity contribution in [3.05, 3.63) is 71.8 Å². The van der Waals surface area contributed by atoms with Crippen LogP contribution in [-0.2, 0) is 4.79 Å². The van der Waals surface area contributed by atoms with Crippen LogP contribution in [-0.4, -0.2) is 12.0 Å². The second-order valence-electron chi connectivity index (χ2n) is 6.04. The Morgan fingerprint density at radius 1 is 1.00 bits per heavy atom. The van der Waals surface area contributed by atoms with Crippen molar-refractivity contribution in [2.24, 2.45) is 0 Å². The van der Waals surface area contributed by atoms with Crippen molar-refractivity contribution in [3.63, 3.8) is 0 Å². The van der Waals surface area contributed by atoms with Crippen molar-refractivity contribution in [1.82, 2.24) is 0 Å². The number of nitrogens with one attached hydrogen (secondary N) is 1. The summed E-state index contributed by atoms with van der Waals surface area (Å²) in [5.74, 6) is 0.586. The first-order chi connectivity index (χ1) is 11.5. The van der Waals surface area contributed by atoms with Gasteiger partial charge in [0.25, 0.3) is 5.91 Å². The molecule has 0 saturated heterocycles. The number of ether oxygens (including phenoxy) is 1. The van der Waals surface area contributed by atoms with Crippen LogP contribution in [0.1, 0.15) is 18.1 Å². The molecule has 1 amide bonds. The number of fused-ring (bicyclic) bond motifs is 1. The van der Waals surface area contributed by atoms with Gasteiger partial charge in [0.1, 0.15) is 5.75 Å². The maximum Gasteiger partial charge on any atom is 0.265 e. The third-order valence-corrected chi connectivity index (χ3v) is 4.06. The minimum absolute atomic E-state index is 0.160. The number of amides is 1. The first-order valence-corrected chi connectivity index (χ1v) is 8.07. The molecule has 1 N–H and O–H groups in total. The summed E-state index contributed by atoms with van der Waals surface area (Å²) < 4.78 is 5.86. The molecule has 0 aliphatic heterocycles. The fraction of sp³-hybridized carbons (Fsp3) is 0.190. The van der Waals surface area contributed by atoms with E-state index in [1.165, 1.54) is 0 Å². The maximum absolute atomic E-state index is 12.5. The number of benzene rings is 3. The van der Waals surface area contributed by atoms with Crippen LogP contribution in [0.3, 0.4) is 0 Å². The fourth-order valence-electron chi connectivity index (χ4n) is 2.65. The van der Waals surface area contributed by atoms with E-state index in [1.54, 1.807) is 6.92 Å². The molecule has 0 radical (unpaired) electrons. The van der Waals surface area contributed by atoms with Gasteiger partial charge in [-0.25, -0.2) is 0 Å². The van der Waals surface area contributed by atoms with E-state index in [-0.39, 0.29) is 5.91 Å². The van der Waals surface area contributed by atoms with Crippen LogP contribution in [0.5, 0.6) is 5.75 Å². The first-order valence-electron chi connectivity index (χ1n) is 8.07. The second-order valence-corrected chi connectivity index (χ2v) is 6.04. The molecule has 0 saturated carbocycles. The number of aryl methyl sites for hydroxylation is 2.